The molecule has 0 aliphatic carbocycles. The van der Waals surface area contributed by atoms with E-state index in [1.165, 1.54) is 23.5 Å². The van der Waals surface area contributed by atoms with E-state index in [0.717, 1.165) is 36.2 Å². The van der Waals surface area contributed by atoms with Crippen molar-refractivity contribution in [2.75, 3.05) is 36.0 Å². The molecule has 0 bridgehead atoms. The number of carbonyl (C=O) groups excluding carboxylic acids is 1. The maximum absolute atomic E-state index is 12.9. The molecule has 1 heterocycles. The molecule has 1 saturated heterocycles. The minimum atomic E-state index is -3.55. The maximum Gasteiger partial charge on any atom is 0.265 e. The highest BCUT2D eigenvalue weighted by atomic mass is 32.2. The zero-order chi connectivity index (χ0) is 24.9. The lowest BCUT2D eigenvalue weighted by atomic mass is 10.2. The smallest absolute Gasteiger partial charge is 0.265 e. The van der Waals surface area contributed by atoms with E-state index in [1.54, 1.807) is 43.3 Å². The van der Waals surface area contributed by atoms with Crippen LogP contribution in [0.3, 0.4) is 0 Å². The van der Waals surface area contributed by atoms with Gasteiger partial charge in [-0.2, -0.15) is 4.31 Å². The normalized spacial score (nSPS) is 16.3. The highest BCUT2D eigenvalue weighted by Gasteiger charge is 2.25. The molecule has 1 N–H and O–H groups in total. The van der Waals surface area contributed by atoms with E-state index in [9.17, 15) is 21.6 Å². The number of hydrogen-bond acceptors (Lipinski definition) is 6. The van der Waals surface area contributed by atoms with Crippen LogP contribution in [0, 0.1) is 0 Å². The Bertz CT molecular complexity index is 1190. The molecule has 186 valence electrons. The summed E-state index contributed by atoms with van der Waals surface area (Å²) < 4.78 is 57.4. The summed E-state index contributed by atoms with van der Waals surface area (Å²) in [6.45, 7) is 2.65. The lowest BCUT2D eigenvalue weighted by molar-refractivity contribution is -0.122. The van der Waals surface area contributed by atoms with Crippen molar-refractivity contribution in [3.8, 4) is 5.75 Å². The van der Waals surface area contributed by atoms with Crippen LogP contribution >= 0.6 is 0 Å². The Hall–Kier alpha value is -2.63. The van der Waals surface area contributed by atoms with E-state index in [1.807, 2.05) is 0 Å². The standard InChI is InChI=1S/C23H31N3O6S2/c1-18(32-21-12-10-20(11-13-21)25(2)33(3,28)29)23(27)24-19-8-14-22(15-9-19)34(30,31)26-16-6-4-5-7-17-26/h8-15,18H,4-7,16-17H2,1-3H3,(H,24,27)/t18-/m1/s1. The number of amides is 1. The van der Waals surface area contributed by atoms with Crippen LogP contribution in [-0.4, -0.2) is 59.5 Å². The Labute approximate surface area is 201 Å². The average molecular weight is 510 g/mol. The summed E-state index contributed by atoms with van der Waals surface area (Å²) >= 11 is 0. The zero-order valence-corrected chi connectivity index (χ0v) is 21.2. The van der Waals surface area contributed by atoms with Crippen LogP contribution in [0.5, 0.6) is 5.75 Å². The molecule has 0 radical (unpaired) electrons. The van der Waals surface area contributed by atoms with Crippen LogP contribution in [0.15, 0.2) is 53.4 Å². The molecule has 1 atom stereocenters. The molecule has 2 aromatic rings. The van der Waals surface area contributed by atoms with E-state index < -0.39 is 32.1 Å². The summed E-state index contributed by atoms with van der Waals surface area (Å²) in [6, 6.07) is 12.5. The fourth-order valence-corrected chi connectivity index (χ4v) is 5.59. The monoisotopic (exact) mass is 509 g/mol. The molecule has 1 amide bonds. The van der Waals surface area contributed by atoms with Crippen LogP contribution in [0.2, 0.25) is 0 Å². The lowest BCUT2D eigenvalue weighted by Gasteiger charge is -2.20. The minimum Gasteiger partial charge on any atom is -0.481 e. The van der Waals surface area contributed by atoms with E-state index >= 15 is 0 Å². The molecule has 0 aromatic heterocycles. The molecule has 0 saturated carbocycles. The van der Waals surface area contributed by atoms with Crippen molar-refractivity contribution in [1.82, 2.24) is 4.31 Å². The summed E-state index contributed by atoms with van der Waals surface area (Å²) in [5.74, 6) is 0.00708. The van der Waals surface area contributed by atoms with Gasteiger partial charge in [-0.15, -0.1) is 0 Å². The summed E-state index contributed by atoms with van der Waals surface area (Å²) in [4.78, 5) is 12.7. The molecule has 2 aromatic carbocycles. The van der Waals surface area contributed by atoms with Crippen LogP contribution in [0.1, 0.15) is 32.6 Å². The number of benzene rings is 2. The number of nitrogens with one attached hydrogen (secondary N) is 1. The van der Waals surface area contributed by atoms with Crippen molar-refractivity contribution in [3.05, 3.63) is 48.5 Å². The van der Waals surface area contributed by atoms with E-state index in [-0.39, 0.29) is 4.90 Å². The van der Waals surface area contributed by atoms with Gasteiger partial charge in [0.15, 0.2) is 6.10 Å². The van der Waals surface area contributed by atoms with Crippen molar-refractivity contribution >= 4 is 37.3 Å². The first-order valence-corrected chi connectivity index (χ1v) is 14.4. The van der Waals surface area contributed by atoms with Crippen molar-refractivity contribution < 1.29 is 26.4 Å². The second kappa shape index (κ2) is 10.7. The number of ether oxygens (including phenoxy) is 1. The highest BCUT2D eigenvalue weighted by molar-refractivity contribution is 7.92. The van der Waals surface area contributed by atoms with E-state index in [4.69, 9.17) is 4.74 Å². The molecule has 0 spiro atoms. The van der Waals surface area contributed by atoms with Crippen molar-refractivity contribution in [2.45, 2.75) is 43.6 Å². The number of rotatable bonds is 8. The first-order valence-electron chi connectivity index (χ1n) is 11.1. The van der Waals surface area contributed by atoms with Gasteiger partial charge >= 0.3 is 0 Å². The van der Waals surface area contributed by atoms with Crippen LogP contribution in [-0.2, 0) is 24.8 Å². The minimum absolute atomic E-state index is 0.204. The number of sulfonamides is 2. The molecular weight excluding hydrogens is 478 g/mol. The molecule has 3 rings (SSSR count). The van der Waals surface area contributed by atoms with E-state index in [0.29, 0.717) is 30.2 Å². The molecule has 1 aliphatic heterocycles. The van der Waals surface area contributed by atoms with Crippen molar-refractivity contribution in [2.24, 2.45) is 0 Å². The molecule has 0 unspecified atom stereocenters. The summed E-state index contributed by atoms with van der Waals surface area (Å²) in [6.07, 6.45) is 4.09. The molecule has 9 nitrogen and oxygen atoms in total. The molecule has 1 fully saturated rings. The highest BCUT2D eigenvalue weighted by Crippen LogP contribution is 2.23. The second-order valence-corrected chi connectivity index (χ2v) is 12.3. The number of nitrogens with zero attached hydrogens (tertiary/aromatic N) is 2. The van der Waals surface area contributed by atoms with E-state index in [2.05, 4.69) is 5.32 Å². The first kappa shape index (κ1) is 26.0. The number of anilines is 2. The predicted octanol–water partition coefficient (Wildman–Crippen LogP) is 3.05. The number of hydrogen-bond donors (Lipinski definition) is 1. The van der Waals surface area contributed by atoms with Gasteiger partial charge in [0, 0.05) is 25.8 Å². The molecule has 1 aliphatic rings. The first-order chi connectivity index (χ1) is 16.0. The summed E-state index contributed by atoms with van der Waals surface area (Å²) in [7, 11) is -5.47. The van der Waals surface area contributed by atoms with Gasteiger partial charge in [0.05, 0.1) is 16.8 Å². The average Bonchev–Trinajstić information content (AvgIpc) is 3.09. The third-order valence-electron chi connectivity index (χ3n) is 5.70. The SMILES string of the molecule is C[C@@H](Oc1ccc(N(C)S(C)(=O)=O)cc1)C(=O)Nc1ccc(S(=O)(=O)N2CCCCCC2)cc1. The van der Waals surface area contributed by atoms with Crippen LogP contribution in [0.4, 0.5) is 11.4 Å². The van der Waals surface area contributed by atoms with Gasteiger partial charge in [0.25, 0.3) is 5.91 Å². The molecule has 34 heavy (non-hydrogen) atoms. The van der Waals surface area contributed by atoms with Gasteiger partial charge in [0.2, 0.25) is 20.0 Å². The Balaban J connectivity index is 1.60. The maximum atomic E-state index is 12.9. The second-order valence-electron chi connectivity index (χ2n) is 8.32. The Morgan fingerprint density at radius 2 is 1.50 bits per heavy atom. The quantitative estimate of drug-likeness (QED) is 0.585. The summed E-state index contributed by atoms with van der Waals surface area (Å²) in [5.41, 5.74) is 0.933. The zero-order valence-electron chi connectivity index (χ0n) is 19.6. The predicted molar refractivity (Wildman–Crippen MR) is 132 cm³/mol. The van der Waals surface area contributed by atoms with Gasteiger partial charge in [-0.3, -0.25) is 9.10 Å². The van der Waals surface area contributed by atoms with Crippen LogP contribution < -0.4 is 14.4 Å². The lowest BCUT2D eigenvalue weighted by Crippen LogP contribution is -2.32. The third kappa shape index (κ3) is 6.49. The summed E-state index contributed by atoms with van der Waals surface area (Å²) in [5, 5.41) is 2.72. The van der Waals surface area contributed by atoms with Gasteiger partial charge in [-0.1, -0.05) is 12.8 Å². The molecular formula is C23H31N3O6S2. The Morgan fingerprint density at radius 3 is 2.03 bits per heavy atom. The Morgan fingerprint density at radius 1 is 0.941 bits per heavy atom. The van der Waals surface area contributed by atoms with Gasteiger partial charge in [0.1, 0.15) is 5.75 Å². The van der Waals surface area contributed by atoms with Crippen molar-refractivity contribution in [1.29, 1.82) is 0 Å². The van der Waals surface area contributed by atoms with Crippen molar-refractivity contribution in [3.63, 3.8) is 0 Å². The van der Waals surface area contributed by atoms with Crippen LogP contribution in [0.25, 0.3) is 0 Å². The number of carbonyl (C=O) groups is 1. The largest absolute Gasteiger partial charge is 0.481 e. The van der Waals surface area contributed by atoms with Gasteiger partial charge in [-0.05, 0) is 68.3 Å². The Kier molecular flexibility index (Phi) is 8.21. The fraction of sp³-hybridized carbons (Fsp3) is 0.435. The molecule has 11 heteroatoms. The third-order valence-corrected chi connectivity index (χ3v) is 8.82. The fourth-order valence-electron chi connectivity index (χ4n) is 3.57. The van der Waals surface area contributed by atoms with Gasteiger partial charge in [-0.25, -0.2) is 16.8 Å². The topological polar surface area (TPSA) is 113 Å². The van der Waals surface area contributed by atoms with Gasteiger partial charge < -0.3 is 10.1 Å².